The van der Waals surface area contributed by atoms with Crippen molar-refractivity contribution >= 4 is 41.7 Å². The molecule has 1 unspecified atom stereocenters. The first kappa shape index (κ1) is 27.0. The first-order valence-electron chi connectivity index (χ1n) is 12.9. The minimum atomic E-state index is -0.951. The van der Waals surface area contributed by atoms with Crippen LogP contribution in [0, 0.1) is 39.4 Å². The van der Waals surface area contributed by atoms with Crippen LogP contribution in [0.2, 0.25) is 5.02 Å². The zero-order chi connectivity index (χ0) is 28.7. The topological polar surface area (TPSA) is 139 Å². The number of pyridine rings is 1. The molecular weight excluding hydrogens is 521 g/mol. The minimum Gasteiger partial charge on any atom is -0.383 e. The highest BCUT2D eigenvalue weighted by atomic mass is 35.5. The monoisotopic (exact) mass is 547 g/mol. The first-order valence-corrected chi connectivity index (χ1v) is 13.3. The van der Waals surface area contributed by atoms with Gasteiger partial charge in [0.2, 0.25) is 0 Å². The van der Waals surface area contributed by atoms with Crippen LogP contribution in [0.5, 0.6) is 0 Å². The number of halogens is 1. The number of aromatic nitrogens is 4. The van der Waals surface area contributed by atoms with Gasteiger partial charge in [-0.05, 0) is 48.1 Å². The van der Waals surface area contributed by atoms with Crippen molar-refractivity contribution in [1.29, 1.82) is 15.8 Å². The van der Waals surface area contributed by atoms with Crippen LogP contribution in [0.25, 0.3) is 10.9 Å². The molecule has 0 aliphatic heterocycles. The predicted molar refractivity (Wildman–Crippen MR) is 156 cm³/mol. The van der Waals surface area contributed by atoms with Crippen molar-refractivity contribution in [2.75, 3.05) is 17.2 Å². The van der Waals surface area contributed by atoms with Gasteiger partial charge in [-0.2, -0.15) is 15.8 Å². The number of rotatable bonds is 7. The summed E-state index contributed by atoms with van der Waals surface area (Å²) in [6, 6.07) is 17.8. The summed E-state index contributed by atoms with van der Waals surface area (Å²) in [5.74, 6) is 0. The van der Waals surface area contributed by atoms with Crippen LogP contribution in [0.4, 0.5) is 11.4 Å². The van der Waals surface area contributed by atoms with Crippen LogP contribution in [-0.2, 0) is 11.0 Å². The van der Waals surface area contributed by atoms with Gasteiger partial charge < -0.3 is 10.6 Å². The van der Waals surface area contributed by atoms with Crippen molar-refractivity contribution < 1.29 is 0 Å². The second kappa shape index (κ2) is 9.86. The Balaban J connectivity index is 1.65. The van der Waals surface area contributed by atoms with Crippen LogP contribution in [0.15, 0.2) is 48.8 Å². The number of anilines is 2. The summed E-state index contributed by atoms with van der Waals surface area (Å²) in [6.45, 7) is 6.97. The number of benzene rings is 2. The molecule has 1 atom stereocenters. The van der Waals surface area contributed by atoms with Gasteiger partial charge >= 0.3 is 0 Å². The summed E-state index contributed by atoms with van der Waals surface area (Å²) in [7, 11) is 1.95. The molecule has 0 saturated heterocycles. The van der Waals surface area contributed by atoms with Gasteiger partial charge in [0.1, 0.15) is 19.6 Å². The van der Waals surface area contributed by atoms with Crippen molar-refractivity contribution in [3.63, 3.8) is 0 Å². The van der Waals surface area contributed by atoms with E-state index in [-0.39, 0.29) is 5.41 Å². The third-order valence-corrected chi connectivity index (χ3v) is 7.47. The highest BCUT2D eigenvalue weighted by Crippen LogP contribution is 2.43. The fourth-order valence-electron chi connectivity index (χ4n) is 4.65. The maximum absolute atomic E-state index is 9.83. The Hall–Kier alpha value is -4.59. The third kappa shape index (κ3) is 4.93. The number of hydrogen-bond donors (Lipinski definition) is 2. The van der Waals surface area contributed by atoms with E-state index in [0.29, 0.717) is 50.7 Å². The number of nitriles is 3. The molecule has 2 heterocycles. The van der Waals surface area contributed by atoms with Gasteiger partial charge in [-0.15, -0.1) is 5.10 Å². The van der Waals surface area contributed by atoms with Crippen LogP contribution < -0.4 is 10.6 Å². The predicted octanol–water partition coefficient (Wildman–Crippen LogP) is 4.64. The lowest BCUT2D eigenvalue weighted by atomic mass is 9.69. The molecule has 1 fully saturated rings. The van der Waals surface area contributed by atoms with E-state index < -0.39 is 11.0 Å². The second-order valence-electron chi connectivity index (χ2n) is 11.6. The maximum atomic E-state index is 9.83. The molecule has 0 radical (unpaired) electrons. The molecule has 1 aliphatic rings. The maximum Gasteiger partial charge on any atom is 0.150 e. The van der Waals surface area contributed by atoms with Crippen LogP contribution in [0.1, 0.15) is 56.0 Å². The minimum absolute atomic E-state index is 0.0273. The van der Waals surface area contributed by atoms with E-state index in [2.05, 4.69) is 64.9 Å². The summed E-state index contributed by atoms with van der Waals surface area (Å²) in [5, 5.41) is 46.0. The van der Waals surface area contributed by atoms with Gasteiger partial charge in [-0.1, -0.05) is 49.7 Å². The third-order valence-electron chi connectivity index (χ3n) is 7.18. The molecule has 0 amide bonds. The fraction of sp³-hybridized carbons (Fsp3) is 0.310. The Morgan fingerprint density at radius 3 is 2.55 bits per heavy atom. The smallest absolute Gasteiger partial charge is 0.150 e. The summed E-state index contributed by atoms with van der Waals surface area (Å²) in [4.78, 5) is 4.47. The zero-order valence-electron chi connectivity index (χ0n) is 22.7. The molecule has 198 valence electrons. The summed E-state index contributed by atoms with van der Waals surface area (Å²) in [5.41, 5.74) is 2.54. The van der Waals surface area contributed by atoms with Crippen LogP contribution in [-0.4, -0.2) is 34.4 Å². The van der Waals surface area contributed by atoms with Crippen molar-refractivity contribution in [1.82, 2.24) is 20.0 Å². The van der Waals surface area contributed by atoms with E-state index in [9.17, 15) is 15.8 Å². The standard InChI is InChI=1S/C29H27BClN9/c1-27(2,3)17-36-25-19(13-33)14-35-26-22(25)10-21(11-23(26)31)37-29(30,20-6-4-5-18(9-20)12-32)24-15-40(39-38-24)28(16-34)7-8-28/h4-6,9-11,14-15,37H,7-8,17,30H2,1-3H3,(H,35,36). The molecule has 9 nitrogen and oxygen atoms in total. The Morgan fingerprint density at radius 2 is 1.90 bits per heavy atom. The lowest BCUT2D eigenvalue weighted by Gasteiger charge is -2.31. The number of nitrogens with zero attached hydrogens (tertiary/aromatic N) is 7. The molecule has 0 bridgehead atoms. The number of hydrogen-bond acceptors (Lipinski definition) is 8. The Morgan fingerprint density at radius 1 is 1.12 bits per heavy atom. The molecular formula is C29H27BClN9. The normalized spacial score (nSPS) is 15.3. The molecule has 11 heteroatoms. The Bertz CT molecular complexity index is 1750. The van der Waals surface area contributed by atoms with Gasteiger partial charge in [0.25, 0.3) is 0 Å². The van der Waals surface area contributed by atoms with Crippen LogP contribution in [0.3, 0.4) is 0 Å². The molecule has 2 aromatic heterocycles. The first-order chi connectivity index (χ1) is 19.0. The van der Waals surface area contributed by atoms with E-state index in [1.807, 2.05) is 26.0 Å². The SMILES string of the molecule is BC(Nc1cc(Cl)c2ncc(C#N)c(NCC(C)(C)C)c2c1)(c1cccc(C#N)c1)c1cn(C2(C#N)CC2)nn1. The van der Waals surface area contributed by atoms with Gasteiger partial charge in [0.15, 0.2) is 5.54 Å². The molecule has 1 saturated carbocycles. The molecule has 2 N–H and O–H groups in total. The van der Waals surface area contributed by atoms with Gasteiger partial charge in [0.05, 0.1) is 51.1 Å². The average Bonchev–Trinajstić information content (AvgIpc) is 3.57. The largest absolute Gasteiger partial charge is 0.383 e. The van der Waals surface area contributed by atoms with Gasteiger partial charge in [-0.25, -0.2) is 4.68 Å². The van der Waals surface area contributed by atoms with E-state index in [4.69, 9.17) is 11.6 Å². The molecule has 40 heavy (non-hydrogen) atoms. The molecule has 0 spiro atoms. The summed E-state index contributed by atoms with van der Waals surface area (Å²) < 4.78 is 1.63. The summed E-state index contributed by atoms with van der Waals surface area (Å²) in [6.07, 6.45) is 4.76. The average molecular weight is 548 g/mol. The van der Waals surface area contributed by atoms with Gasteiger partial charge in [0, 0.05) is 23.8 Å². The lowest BCUT2D eigenvalue weighted by molar-refractivity contribution is 0.443. The highest BCUT2D eigenvalue weighted by Gasteiger charge is 2.47. The van der Waals surface area contributed by atoms with E-state index in [0.717, 1.165) is 18.4 Å². The van der Waals surface area contributed by atoms with Crippen LogP contribution >= 0.6 is 11.6 Å². The number of fused-ring (bicyclic) bond motifs is 1. The molecule has 5 rings (SSSR count). The molecule has 1 aliphatic carbocycles. The van der Waals surface area contributed by atoms with Crippen molar-refractivity contribution in [3.8, 4) is 18.2 Å². The molecule has 4 aromatic rings. The van der Waals surface area contributed by atoms with E-state index in [1.165, 1.54) is 6.20 Å². The number of nitrogens with one attached hydrogen (secondary N) is 2. The van der Waals surface area contributed by atoms with E-state index >= 15 is 0 Å². The van der Waals surface area contributed by atoms with Crippen molar-refractivity contribution in [3.05, 3.63) is 76.2 Å². The fourth-order valence-corrected chi connectivity index (χ4v) is 4.91. The summed E-state index contributed by atoms with van der Waals surface area (Å²) >= 11 is 6.75. The van der Waals surface area contributed by atoms with Gasteiger partial charge in [-0.3, -0.25) is 4.98 Å². The molecule has 2 aromatic carbocycles. The highest BCUT2D eigenvalue weighted by molar-refractivity contribution is 6.36. The zero-order valence-corrected chi connectivity index (χ0v) is 23.5. The quantitative estimate of drug-likeness (QED) is 0.319. The van der Waals surface area contributed by atoms with Crippen molar-refractivity contribution in [2.45, 2.75) is 44.6 Å². The Labute approximate surface area is 238 Å². The lowest BCUT2D eigenvalue weighted by Crippen LogP contribution is -2.38. The van der Waals surface area contributed by atoms with Crippen molar-refractivity contribution in [2.24, 2.45) is 5.41 Å². The van der Waals surface area contributed by atoms with E-state index in [1.54, 1.807) is 29.1 Å². The second-order valence-corrected chi connectivity index (χ2v) is 12.0. The Kier molecular flexibility index (Phi) is 6.66.